The Labute approximate surface area is 218 Å². The van der Waals surface area contributed by atoms with Crippen molar-refractivity contribution in [3.63, 3.8) is 0 Å². The second kappa shape index (κ2) is 9.97. The topological polar surface area (TPSA) is 119 Å². The standard InChI is InChI=1S/C28H27N5O5/c1-17-6-4-13-32-18(2)22(30-26(17)32)24(34)21-23(19-7-9-20(10-8-19)28(37)38-3)33(27(36)25(21)35)14-5-12-31-15-11-29-16-31/h4,6-11,13,15-16,23,34H,5,12,14H2,1-3H3. The van der Waals surface area contributed by atoms with Crippen molar-refractivity contribution in [2.45, 2.75) is 32.9 Å². The number of nitrogens with zero attached hydrogens (tertiary/aromatic N) is 5. The zero-order valence-electron chi connectivity index (χ0n) is 21.3. The number of pyridine rings is 1. The molecule has 0 bridgehead atoms. The number of aryl methyl sites for hydroxylation is 3. The molecular formula is C28H27N5O5. The minimum absolute atomic E-state index is 0.0346. The van der Waals surface area contributed by atoms with Crippen molar-refractivity contribution in [1.82, 2.24) is 23.8 Å². The van der Waals surface area contributed by atoms with Crippen LogP contribution in [0.1, 0.15) is 45.3 Å². The number of fused-ring (bicyclic) bond motifs is 1. The molecule has 1 fully saturated rings. The fourth-order valence-corrected chi connectivity index (χ4v) is 4.89. The van der Waals surface area contributed by atoms with Crippen LogP contribution < -0.4 is 0 Å². The van der Waals surface area contributed by atoms with Gasteiger partial charge in [0.2, 0.25) is 0 Å². The van der Waals surface area contributed by atoms with Crippen LogP contribution in [-0.4, -0.2) is 60.3 Å². The van der Waals surface area contributed by atoms with Crippen molar-refractivity contribution in [3.8, 4) is 0 Å². The van der Waals surface area contributed by atoms with Crippen LogP contribution in [0.2, 0.25) is 0 Å². The number of ether oxygens (including phenoxy) is 1. The molecule has 1 saturated heterocycles. The quantitative estimate of drug-likeness (QED) is 0.174. The smallest absolute Gasteiger partial charge is 0.337 e. The highest BCUT2D eigenvalue weighted by atomic mass is 16.5. The predicted molar refractivity (Wildman–Crippen MR) is 138 cm³/mol. The minimum Gasteiger partial charge on any atom is -0.505 e. The third kappa shape index (κ3) is 4.23. The number of hydrogen-bond acceptors (Lipinski definition) is 7. The number of esters is 1. The molecule has 10 heteroatoms. The highest BCUT2D eigenvalue weighted by molar-refractivity contribution is 6.46. The fraction of sp³-hybridized carbons (Fsp3) is 0.250. The average molecular weight is 514 g/mol. The zero-order chi connectivity index (χ0) is 27.0. The van der Waals surface area contributed by atoms with Gasteiger partial charge in [-0.3, -0.25) is 9.59 Å². The Morgan fingerprint density at radius 3 is 2.50 bits per heavy atom. The summed E-state index contributed by atoms with van der Waals surface area (Å²) in [6, 6.07) is 9.42. The van der Waals surface area contributed by atoms with E-state index in [0.717, 1.165) is 5.56 Å². The molecule has 0 radical (unpaired) electrons. The van der Waals surface area contributed by atoms with E-state index in [4.69, 9.17) is 4.74 Å². The van der Waals surface area contributed by atoms with Gasteiger partial charge in [-0.1, -0.05) is 18.2 Å². The number of carbonyl (C=O) groups is 3. The predicted octanol–water partition coefficient (Wildman–Crippen LogP) is 3.45. The summed E-state index contributed by atoms with van der Waals surface area (Å²) in [4.78, 5) is 48.7. The van der Waals surface area contributed by atoms with Gasteiger partial charge in [-0.15, -0.1) is 0 Å². The maximum atomic E-state index is 13.4. The molecule has 3 aromatic heterocycles. The van der Waals surface area contributed by atoms with Crippen LogP contribution in [0.3, 0.4) is 0 Å². The Bertz CT molecular complexity index is 1570. The lowest BCUT2D eigenvalue weighted by atomic mass is 9.95. The third-order valence-corrected chi connectivity index (χ3v) is 6.87. The number of aromatic nitrogens is 4. The summed E-state index contributed by atoms with van der Waals surface area (Å²) in [6.45, 7) is 4.58. The molecule has 1 N–H and O–H groups in total. The molecular weight excluding hydrogens is 486 g/mol. The van der Waals surface area contributed by atoms with E-state index >= 15 is 0 Å². The zero-order valence-corrected chi connectivity index (χ0v) is 21.3. The molecule has 38 heavy (non-hydrogen) atoms. The molecule has 194 valence electrons. The first kappa shape index (κ1) is 24.9. The summed E-state index contributed by atoms with van der Waals surface area (Å²) in [5.41, 5.74) is 3.33. The van der Waals surface area contributed by atoms with Crippen LogP contribution in [0.5, 0.6) is 0 Å². The molecule has 1 aromatic carbocycles. The van der Waals surface area contributed by atoms with Gasteiger partial charge in [0.15, 0.2) is 5.76 Å². The molecule has 0 spiro atoms. The molecule has 1 aliphatic heterocycles. The molecule has 0 saturated carbocycles. The molecule has 1 aliphatic rings. The summed E-state index contributed by atoms with van der Waals surface area (Å²) in [5.74, 6) is -2.30. The molecule has 10 nitrogen and oxygen atoms in total. The fourth-order valence-electron chi connectivity index (χ4n) is 4.89. The van der Waals surface area contributed by atoms with Crippen molar-refractivity contribution in [2.24, 2.45) is 0 Å². The third-order valence-electron chi connectivity index (χ3n) is 6.87. The molecule has 1 atom stereocenters. The van der Waals surface area contributed by atoms with E-state index in [9.17, 15) is 19.5 Å². The van der Waals surface area contributed by atoms with Gasteiger partial charge in [-0.25, -0.2) is 14.8 Å². The second-order valence-corrected chi connectivity index (χ2v) is 9.19. The van der Waals surface area contributed by atoms with Gasteiger partial charge >= 0.3 is 5.97 Å². The highest BCUT2D eigenvalue weighted by Crippen LogP contribution is 2.40. The number of Topliss-reactive ketones (excluding diaryl/α,β-unsaturated/α-hetero) is 1. The van der Waals surface area contributed by atoms with E-state index in [1.165, 1.54) is 12.0 Å². The summed E-state index contributed by atoms with van der Waals surface area (Å²) >= 11 is 0. The minimum atomic E-state index is -0.852. The van der Waals surface area contributed by atoms with E-state index < -0.39 is 23.7 Å². The summed E-state index contributed by atoms with van der Waals surface area (Å²) < 4.78 is 8.52. The van der Waals surface area contributed by atoms with Gasteiger partial charge in [0.25, 0.3) is 11.7 Å². The number of amides is 1. The van der Waals surface area contributed by atoms with E-state index in [2.05, 4.69) is 9.97 Å². The van der Waals surface area contributed by atoms with Crippen molar-refractivity contribution < 1.29 is 24.2 Å². The number of benzene rings is 1. The first-order chi connectivity index (χ1) is 18.3. The van der Waals surface area contributed by atoms with Crippen molar-refractivity contribution in [1.29, 1.82) is 0 Å². The number of rotatable bonds is 7. The van der Waals surface area contributed by atoms with Crippen molar-refractivity contribution in [2.75, 3.05) is 13.7 Å². The number of ketones is 1. The monoisotopic (exact) mass is 513 g/mol. The van der Waals surface area contributed by atoms with Crippen LogP contribution in [0.4, 0.5) is 0 Å². The second-order valence-electron chi connectivity index (χ2n) is 9.19. The molecule has 5 rings (SSSR count). The van der Waals surface area contributed by atoms with Crippen molar-refractivity contribution >= 4 is 29.1 Å². The van der Waals surface area contributed by atoms with Gasteiger partial charge in [0.05, 0.1) is 36.3 Å². The number of likely N-dealkylation sites (tertiary alicyclic amines) is 1. The number of aliphatic hydroxyl groups excluding tert-OH is 1. The van der Waals surface area contributed by atoms with Gasteiger partial charge in [0, 0.05) is 31.7 Å². The number of hydrogen-bond donors (Lipinski definition) is 1. The van der Waals surface area contributed by atoms with E-state index in [-0.39, 0.29) is 23.6 Å². The van der Waals surface area contributed by atoms with Gasteiger partial charge in [0.1, 0.15) is 11.3 Å². The van der Waals surface area contributed by atoms with Gasteiger partial charge < -0.3 is 23.7 Å². The molecule has 1 unspecified atom stereocenters. The van der Waals surface area contributed by atoms with Gasteiger partial charge in [-0.2, -0.15) is 0 Å². The van der Waals surface area contributed by atoms with Crippen molar-refractivity contribution in [3.05, 3.63) is 95.0 Å². The van der Waals surface area contributed by atoms with Crippen LogP contribution in [0.25, 0.3) is 11.4 Å². The summed E-state index contributed by atoms with van der Waals surface area (Å²) in [7, 11) is 1.30. The Hall–Kier alpha value is -4.73. The number of aliphatic hydroxyl groups is 1. The lowest BCUT2D eigenvalue weighted by molar-refractivity contribution is -0.139. The highest BCUT2D eigenvalue weighted by Gasteiger charge is 2.46. The van der Waals surface area contributed by atoms with Crippen LogP contribution in [-0.2, 0) is 20.9 Å². The first-order valence-corrected chi connectivity index (χ1v) is 12.2. The van der Waals surface area contributed by atoms with E-state index in [0.29, 0.717) is 35.4 Å². The number of imidazole rings is 2. The maximum absolute atomic E-state index is 13.4. The Kier molecular flexibility index (Phi) is 6.54. The van der Waals surface area contributed by atoms with E-state index in [1.54, 1.807) is 43.7 Å². The van der Waals surface area contributed by atoms with Crippen LogP contribution >= 0.6 is 0 Å². The SMILES string of the molecule is COC(=O)c1ccc(C2C(=C(O)c3nc4c(C)cccn4c3C)C(=O)C(=O)N2CCCn2ccnc2)cc1. The lowest BCUT2D eigenvalue weighted by Crippen LogP contribution is -2.31. The van der Waals surface area contributed by atoms with Crippen LogP contribution in [0.15, 0.2) is 66.9 Å². The van der Waals surface area contributed by atoms with Gasteiger partial charge in [-0.05, 0) is 49.6 Å². The maximum Gasteiger partial charge on any atom is 0.337 e. The molecule has 4 aromatic rings. The lowest BCUT2D eigenvalue weighted by Gasteiger charge is -2.25. The average Bonchev–Trinajstić information content (AvgIpc) is 3.63. The first-order valence-electron chi connectivity index (χ1n) is 12.2. The number of methoxy groups -OCH3 is 1. The Balaban J connectivity index is 1.60. The molecule has 4 heterocycles. The van der Waals surface area contributed by atoms with E-state index in [1.807, 2.05) is 40.4 Å². The Morgan fingerprint density at radius 2 is 1.84 bits per heavy atom. The van der Waals surface area contributed by atoms with Crippen LogP contribution in [0, 0.1) is 13.8 Å². The molecule has 1 amide bonds. The number of carbonyl (C=O) groups excluding carboxylic acids is 3. The summed E-state index contributed by atoms with van der Waals surface area (Å²) in [6.07, 6.45) is 7.58. The Morgan fingerprint density at radius 1 is 1.08 bits per heavy atom. The normalized spacial score (nSPS) is 16.9. The summed E-state index contributed by atoms with van der Waals surface area (Å²) in [5, 5.41) is 11.5. The molecule has 0 aliphatic carbocycles. The largest absolute Gasteiger partial charge is 0.505 e.